The Morgan fingerprint density at radius 1 is 1.40 bits per heavy atom. The van der Waals surface area contributed by atoms with Crippen LogP contribution in [0.25, 0.3) is 0 Å². The second kappa shape index (κ2) is 5.65. The average molecular weight is 374 g/mol. The van der Waals surface area contributed by atoms with Crippen molar-refractivity contribution in [1.29, 1.82) is 0 Å². The van der Waals surface area contributed by atoms with Crippen LogP contribution < -0.4 is 0 Å². The van der Waals surface area contributed by atoms with Crippen LogP contribution in [0.1, 0.15) is 39.5 Å². The molecular formula is C16H26N2O6S. The van der Waals surface area contributed by atoms with Crippen LogP contribution in [0.5, 0.6) is 0 Å². The number of amides is 1. The van der Waals surface area contributed by atoms with Gasteiger partial charge in [0, 0.05) is 12.5 Å². The van der Waals surface area contributed by atoms with Gasteiger partial charge in [-0.15, -0.1) is 0 Å². The van der Waals surface area contributed by atoms with Crippen molar-refractivity contribution in [3.05, 3.63) is 0 Å². The maximum atomic E-state index is 13.0. The lowest BCUT2D eigenvalue weighted by Gasteiger charge is -2.37. The van der Waals surface area contributed by atoms with E-state index in [0.29, 0.717) is 17.4 Å². The zero-order chi connectivity index (χ0) is 18.8. The Kier molecular flexibility index (Phi) is 4.21. The molecule has 1 saturated heterocycles. The predicted molar refractivity (Wildman–Crippen MR) is 87.9 cm³/mol. The molecule has 0 aromatic rings. The predicted octanol–water partition coefficient (Wildman–Crippen LogP) is 0.606. The van der Waals surface area contributed by atoms with Crippen molar-refractivity contribution in [1.82, 2.24) is 9.37 Å². The summed E-state index contributed by atoms with van der Waals surface area (Å²) < 4.78 is 31.2. The summed E-state index contributed by atoms with van der Waals surface area (Å²) in [6.07, 6.45) is 2.01. The first kappa shape index (κ1) is 18.6. The van der Waals surface area contributed by atoms with Gasteiger partial charge in [0.2, 0.25) is 10.0 Å². The van der Waals surface area contributed by atoms with Crippen molar-refractivity contribution in [3.8, 4) is 0 Å². The number of esters is 1. The third-order valence-electron chi connectivity index (χ3n) is 6.95. The van der Waals surface area contributed by atoms with E-state index in [4.69, 9.17) is 0 Å². The highest BCUT2D eigenvalue weighted by atomic mass is 32.2. The van der Waals surface area contributed by atoms with Gasteiger partial charge < -0.3 is 9.94 Å². The highest BCUT2D eigenvalue weighted by molar-refractivity contribution is 7.90. The summed E-state index contributed by atoms with van der Waals surface area (Å²) in [5, 5.41) is 10.4. The van der Waals surface area contributed by atoms with Crippen molar-refractivity contribution in [2.24, 2.45) is 16.7 Å². The van der Waals surface area contributed by atoms with E-state index in [1.54, 1.807) is 0 Å². The van der Waals surface area contributed by atoms with Crippen LogP contribution in [0.4, 0.5) is 0 Å². The summed E-state index contributed by atoms with van der Waals surface area (Å²) in [5.74, 6) is -1.09. The number of carbonyl (C=O) groups excluding carboxylic acids is 2. The molecule has 1 aliphatic heterocycles. The van der Waals surface area contributed by atoms with Gasteiger partial charge in [0.25, 0.3) is 5.91 Å². The number of rotatable bonds is 4. The zero-order valence-electron chi connectivity index (χ0n) is 15.1. The Bertz CT molecular complexity index is 703. The van der Waals surface area contributed by atoms with Crippen LogP contribution >= 0.6 is 0 Å². The minimum absolute atomic E-state index is 0.0417. The number of carbonyl (C=O) groups is 2. The molecule has 3 rings (SSSR count). The first-order valence-electron chi connectivity index (χ1n) is 8.52. The van der Waals surface area contributed by atoms with Gasteiger partial charge in [-0.05, 0) is 30.6 Å². The first-order chi connectivity index (χ1) is 11.5. The standard InChI is InChI=1S/C16H26N2O6S/c1-15(2)10-5-6-16(15)9-25(22,23)18(12(16)7-10)14(20)11(17(3)21)8-13(19)24-4/h10-12,21H,5-9H2,1-4H3/t10-,11+,12-,16-/m1/s1. The molecule has 1 amide bonds. The Labute approximate surface area is 148 Å². The van der Waals surface area contributed by atoms with Gasteiger partial charge in [-0.1, -0.05) is 13.8 Å². The third kappa shape index (κ3) is 2.43. The molecule has 0 aromatic heterocycles. The normalized spacial score (nSPS) is 35.7. The fourth-order valence-corrected chi connectivity index (χ4v) is 7.92. The minimum atomic E-state index is -3.79. The molecule has 2 saturated carbocycles. The topological polar surface area (TPSA) is 104 Å². The minimum Gasteiger partial charge on any atom is -0.469 e. The fourth-order valence-electron chi connectivity index (χ4n) is 5.35. The molecule has 25 heavy (non-hydrogen) atoms. The van der Waals surface area contributed by atoms with Crippen LogP contribution in [-0.4, -0.2) is 66.9 Å². The third-order valence-corrected chi connectivity index (χ3v) is 8.87. The van der Waals surface area contributed by atoms with E-state index in [9.17, 15) is 23.2 Å². The lowest BCUT2D eigenvalue weighted by Crippen LogP contribution is -2.52. The molecule has 142 valence electrons. The van der Waals surface area contributed by atoms with Crippen LogP contribution in [0, 0.1) is 16.7 Å². The number of likely N-dealkylation sites (N-methyl/N-ethyl adjacent to an activating group) is 1. The molecule has 2 bridgehead atoms. The van der Waals surface area contributed by atoms with Gasteiger partial charge in [0.1, 0.15) is 6.04 Å². The van der Waals surface area contributed by atoms with Gasteiger partial charge >= 0.3 is 5.97 Å². The average Bonchev–Trinajstić information content (AvgIpc) is 2.98. The summed E-state index contributed by atoms with van der Waals surface area (Å²) in [7, 11) is -1.37. The number of hydrogen-bond donors (Lipinski definition) is 1. The number of hydrogen-bond acceptors (Lipinski definition) is 7. The molecule has 4 atom stereocenters. The quantitative estimate of drug-likeness (QED) is 0.568. The van der Waals surface area contributed by atoms with Crippen molar-refractivity contribution in [2.75, 3.05) is 19.9 Å². The number of hydroxylamine groups is 2. The monoisotopic (exact) mass is 374 g/mol. The Balaban J connectivity index is 1.96. The van der Waals surface area contributed by atoms with E-state index in [1.807, 2.05) is 0 Å². The summed E-state index contributed by atoms with van der Waals surface area (Å²) in [4.78, 5) is 24.6. The highest BCUT2D eigenvalue weighted by Crippen LogP contribution is 2.70. The second-order valence-electron chi connectivity index (χ2n) is 8.12. The molecule has 1 N–H and O–H groups in total. The molecular weight excluding hydrogens is 348 g/mol. The Morgan fingerprint density at radius 2 is 2.04 bits per heavy atom. The molecule has 2 aliphatic carbocycles. The summed E-state index contributed by atoms with van der Waals surface area (Å²) >= 11 is 0. The SMILES string of the molecule is COC(=O)C[C@@H](C(=O)N1[C@@H]2C[C@H]3CC[C@]2(CS1(=O)=O)C3(C)C)N(C)O. The lowest BCUT2D eigenvalue weighted by atomic mass is 9.69. The molecule has 1 heterocycles. The number of nitrogens with zero attached hydrogens (tertiary/aromatic N) is 2. The molecule has 9 heteroatoms. The van der Waals surface area contributed by atoms with Crippen LogP contribution in [0.2, 0.25) is 0 Å². The van der Waals surface area contributed by atoms with Crippen molar-refractivity contribution in [3.63, 3.8) is 0 Å². The van der Waals surface area contributed by atoms with E-state index >= 15 is 0 Å². The van der Waals surface area contributed by atoms with E-state index in [0.717, 1.165) is 17.1 Å². The fraction of sp³-hybridized carbons (Fsp3) is 0.875. The maximum Gasteiger partial charge on any atom is 0.307 e. The van der Waals surface area contributed by atoms with E-state index in [2.05, 4.69) is 18.6 Å². The summed E-state index contributed by atoms with van der Waals surface area (Å²) in [6.45, 7) is 4.19. The molecule has 0 radical (unpaired) electrons. The van der Waals surface area contributed by atoms with Gasteiger partial charge in [-0.25, -0.2) is 12.7 Å². The maximum absolute atomic E-state index is 13.0. The largest absolute Gasteiger partial charge is 0.469 e. The molecule has 0 aromatic carbocycles. The Morgan fingerprint density at radius 3 is 2.56 bits per heavy atom. The number of fused-ring (bicyclic) bond motifs is 1. The van der Waals surface area contributed by atoms with Gasteiger partial charge in [0.15, 0.2) is 0 Å². The smallest absolute Gasteiger partial charge is 0.307 e. The Hall–Kier alpha value is -1.19. The van der Waals surface area contributed by atoms with Crippen LogP contribution in [-0.2, 0) is 24.3 Å². The van der Waals surface area contributed by atoms with E-state index in [-0.39, 0.29) is 17.2 Å². The zero-order valence-corrected chi connectivity index (χ0v) is 15.9. The second-order valence-corrected chi connectivity index (χ2v) is 9.97. The number of sulfonamides is 1. The molecule has 8 nitrogen and oxygen atoms in total. The molecule has 1 spiro atoms. The van der Waals surface area contributed by atoms with Crippen molar-refractivity contribution < 1.29 is 28.0 Å². The lowest BCUT2D eigenvalue weighted by molar-refractivity contribution is -0.163. The highest BCUT2D eigenvalue weighted by Gasteiger charge is 2.72. The van der Waals surface area contributed by atoms with E-state index < -0.39 is 39.8 Å². The van der Waals surface area contributed by atoms with Gasteiger partial charge in [0.05, 0.1) is 25.3 Å². The molecule has 0 unspecified atom stereocenters. The van der Waals surface area contributed by atoms with Crippen LogP contribution in [0.3, 0.4) is 0 Å². The number of ether oxygens (including phenoxy) is 1. The van der Waals surface area contributed by atoms with E-state index in [1.165, 1.54) is 14.2 Å². The molecule has 3 fully saturated rings. The van der Waals surface area contributed by atoms with Crippen molar-refractivity contribution >= 4 is 21.9 Å². The summed E-state index contributed by atoms with van der Waals surface area (Å²) in [6, 6.07) is -1.67. The number of methoxy groups -OCH3 is 1. The van der Waals surface area contributed by atoms with Crippen LogP contribution in [0.15, 0.2) is 0 Å². The van der Waals surface area contributed by atoms with Gasteiger partial charge in [-0.3, -0.25) is 9.59 Å². The first-order valence-corrected chi connectivity index (χ1v) is 10.1. The summed E-state index contributed by atoms with van der Waals surface area (Å²) in [5.41, 5.74) is -0.585. The van der Waals surface area contributed by atoms with Crippen molar-refractivity contribution in [2.45, 2.75) is 51.6 Å². The van der Waals surface area contributed by atoms with Gasteiger partial charge in [-0.2, -0.15) is 5.06 Å². The molecule has 3 aliphatic rings.